The van der Waals surface area contributed by atoms with Gasteiger partial charge in [0.15, 0.2) is 0 Å². The van der Waals surface area contributed by atoms with Crippen LogP contribution in [0.15, 0.2) is 11.6 Å². The lowest BCUT2D eigenvalue weighted by molar-refractivity contribution is -0.123. The van der Waals surface area contributed by atoms with E-state index < -0.39 is 0 Å². The van der Waals surface area contributed by atoms with Gasteiger partial charge in [0, 0.05) is 12.3 Å². The van der Waals surface area contributed by atoms with Gasteiger partial charge in [-0.25, -0.2) is 0 Å². The molecule has 0 aromatic rings. The number of ketones is 1. The Kier molecular flexibility index (Phi) is 2.95. The first kappa shape index (κ1) is 13.2. The molecule has 6 unspecified atom stereocenters. The van der Waals surface area contributed by atoms with Gasteiger partial charge in [-0.15, -0.1) is 0 Å². The van der Waals surface area contributed by atoms with Crippen LogP contribution in [0.1, 0.15) is 58.3 Å². The van der Waals surface area contributed by atoms with Crippen molar-refractivity contribution in [3.63, 3.8) is 0 Å². The number of fused-ring (bicyclic) bond motifs is 5. The van der Waals surface area contributed by atoms with Crippen molar-refractivity contribution in [2.75, 3.05) is 0 Å². The van der Waals surface area contributed by atoms with E-state index in [9.17, 15) is 4.79 Å². The predicted molar refractivity (Wildman–Crippen MR) is 81.6 cm³/mol. The molecule has 0 bridgehead atoms. The fourth-order valence-corrected chi connectivity index (χ4v) is 6.11. The van der Waals surface area contributed by atoms with Crippen molar-refractivity contribution >= 4 is 13.6 Å². The average Bonchev–Trinajstić information content (AvgIpc) is 2.82. The highest BCUT2D eigenvalue weighted by atomic mass is 16.1. The Balaban J connectivity index is 1.66. The van der Waals surface area contributed by atoms with E-state index in [0.29, 0.717) is 28.9 Å². The monoisotopic (exact) mass is 268 g/mol. The third-order valence-corrected chi connectivity index (χ3v) is 7.21. The standard InChI is InChI=1S/C18H25BO/c1-18-9-8-12(19)10-11(18)2-3-14-13-5-7-17(20)15(13)4-6-16(14)18/h2,12-16H,3-10H2,1H3. The van der Waals surface area contributed by atoms with Crippen LogP contribution in [0.25, 0.3) is 0 Å². The lowest BCUT2D eigenvalue weighted by Crippen LogP contribution is -2.46. The van der Waals surface area contributed by atoms with E-state index in [2.05, 4.69) is 13.0 Å². The largest absolute Gasteiger partial charge is 0.299 e. The lowest BCUT2D eigenvalue weighted by atomic mass is 9.49. The van der Waals surface area contributed by atoms with Crippen LogP contribution in [-0.4, -0.2) is 13.6 Å². The number of allylic oxidation sites excluding steroid dienone is 2. The second kappa shape index (κ2) is 4.48. The van der Waals surface area contributed by atoms with Crippen molar-refractivity contribution in [3.8, 4) is 0 Å². The smallest absolute Gasteiger partial charge is 0.136 e. The third kappa shape index (κ3) is 1.72. The van der Waals surface area contributed by atoms with Crippen LogP contribution in [0, 0.1) is 29.1 Å². The molecule has 3 fully saturated rings. The number of rotatable bonds is 0. The maximum absolute atomic E-state index is 12.1. The van der Waals surface area contributed by atoms with Gasteiger partial charge >= 0.3 is 0 Å². The highest BCUT2D eigenvalue weighted by Gasteiger charge is 2.53. The van der Waals surface area contributed by atoms with E-state index in [4.69, 9.17) is 7.85 Å². The fourth-order valence-electron chi connectivity index (χ4n) is 6.11. The summed E-state index contributed by atoms with van der Waals surface area (Å²) in [6.07, 6.45) is 11.8. The van der Waals surface area contributed by atoms with Gasteiger partial charge in [0.2, 0.25) is 0 Å². The van der Waals surface area contributed by atoms with Gasteiger partial charge in [-0.05, 0) is 61.7 Å². The molecule has 0 amide bonds. The summed E-state index contributed by atoms with van der Waals surface area (Å²) in [6.45, 7) is 2.50. The molecule has 6 atom stereocenters. The molecule has 0 spiro atoms. The molecule has 4 aliphatic carbocycles. The van der Waals surface area contributed by atoms with E-state index in [1.54, 1.807) is 5.57 Å². The zero-order valence-corrected chi connectivity index (χ0v) is 12.6. The first-order valence-electron chi connectivity index (χ1n) is 8.57. The highest BCUT2D eigenvalue weighted by molar-refractivity contribution is 6.11. The molecule has 0 heterocycles. The van der Waals surface area contributed by atoms with Crippen LogP contribution >= 0.6 is 0 Å². The van der Waals surface area contributed by atoms with Gasteiger partial charge < -0.3 is 0 Å². The topological polar surface area (TPSA) is 17.1 Å². The van der Waals surface area contributed by atoms with Crippen LogP contribution in [0.5, 0.6) is 0 Å². The molecular formula is C18H25BO. The summed E-state index contributed by atoms with van der Waals surface area (Å²) in [5.74, 6) is 3.67. The third-order valence-electron chi connectivity index (χ3n) is 7.21. The normalized spacial score (nSPS) is 51.0. The summed E-state index contributed by atoms with van der Waals surface area (Å²) < 4.78 is 0. The predicted octanol–water partition coefficient (Wildman–Crippen LogP) is 4.09. The number of Topliss-reactive ketones (excluding diaryl/α,β-unsaturated/α-hetero) is 1. The molecule has 106 valence electrons. The minimum atomic E-state index is 0.385. The Morgan fingerprint density at radius 2 is 2.05 bits per heavy atom. The molecule has 3 saturated carbocycles. The molecule has 4 rings (SSSR count). The van der Waals surface area contributed by atoms with Gasteiger partial charge in [0.25, 0.3) is 0 Å². The molecule has 4 aliphatic rings. The van der Waals surface area contributed by atoms with Gasteiger partial charge in [-0.3, -0.25) is 4.79 Å². The number of hydrogen-bond donors (Lipinski definition) is 0. The number of hydrogen-bond acceptors (Lipinski definition) is 1. The summed E-state index contributed by atoms with van der Waals surface area (Å²) in [4.78, 5) is 12.1. The van der Waals surface area contributed by atoms with Crippen LogP contribution in [0.3, 0.4) is 0 Å². The molecule has 0 aliphatic heterocycles. The van der Waals surface area contributed by atoms with Gasteiger partial charge in [-0.2, -0.15) is 0 Å². The fraction of sp³-hybridized carbons (Fsp3) is 0.833. The minimum Gasteiger partial charge on any atom is -0.299 e. The van der Waals surface area contributed by atoms with Crippen LogP contribution in [-0.2, 0) is 4.79 Å². The maximum Gasteiger partial charge on any atom is 0.136 e. The Bertz CT molecular complexity index is 468. The van der Waals surface area contributed by atoms with Crippen LogP contribution in [0.4, 0.5) is 0 Å². The molecule has 2 radical (unpaired) electrons. The molecule has 0 aromatic carbocycles. The molecule has 2 heteroatoms. The van der Waals surface area contributed by atoms with Crippen molar-refractivity contribution in [1.29, 1.82) is 0 Å². The number of carbonyl (C=O) groups excluding carboxylic acids is 1. The van der Waals surface area contributed by atoms with E-state index >= 15 is 0 Å². The molecule has 1 nitrogen and oxygen atoms in total. The highest BCUT2D eigenvalue weighted by Crippen LogP contribution is 2.61. The van der Waals surface area contributed by atoms with E-state index in [-0.39, 0.29) is 0 Å². The molecule has 0 saturated heterocycles. The van der Waals surface area contributed by atoms with Crippen LogP contribution < -0.4 is 0 Å². The summed E-state index contributed by atoms with van der Waals surface area (Å²) in [5.41, 5.74) is 2.05. The molecule has 20 heavy (non-hydrogen) atoms. The molecular weight excluding hydrogens is 243 g/mol. The molecule has 0 N–H and O–H groups in total. The lowest BCUT2D eigenvalue weighted by Gasteiger charge is -2.55. The van der Waals surface area contributed by atoms with E-state index in [1.165, 1.54) is 38.5 Å². The summed E-state index contributed by atoms with van der Waals surface area (Å²) in [7, 11) is 6.19. The van der Waals surface area contributed by atoms with Gasteiger partial charge in [0.05, 0.1) is 7.85 Å². The first-order valence-corrected chi connectivity index (χ1v) is 8.57. The summed E-state index contributed by atoms with van der Waals surface area (Å²) in [6, 6.07) is 0. The van der Waals surface area contributed by atoms with Crippen molar-refractivity contribution in [3.05, 3.63) is 11.6 Å². The Hall–Kier alpha value is -0.525. The van der Waals surface area contributed by atoms with E-state index in [1.807, 2.05) is 0 Å². The minimum absolute atomic E-state index is 0.385. The van der Waals surface area contributed by atoms with Crippen molar-refractivity contribution in [2.45, 2.75) is 64.1 Å². The quantitative estimate of drug-likeness (QED) is 0.478. The van der Waals surface area contributed by atoms with Crippen molar-refractivity contribution < 1.29 is 4.79 Å². The average molecular weight is 268 g/mol. The SMILES string of the molecule is [B]C1CCC2(C)C(=CCC3C4CCC(=O)C4CCC32)C1. The zero-order chi connectivity index (χ0) is 13.9. The Morgan fingerprint density at radius 1 is 1.20 bits per heavy atom. The summed E-state index contributed by atoms with van der Waals surface area (Å²) in [5, 5.41) is 0. The van der Waals surface area contributed by atoms with Gasteiger partial charge in [0.1, 0.15) is 5.78 Å². The second-order valence-electron chi connectivity index (χ2n) is 8.01. The van der Waals surface area contributed by atoms with E-state index in [0.717, 1.165) is 24.7 Å². The van der Waals surface area contributed by atoms with Crippen LogP contribution in [0.2, 0.25) is 5.82 Å². The molecule has 0 aromatic heterocycles. The Morgan fingerprint density at radius 3 is 2.90 bits per heavy atom. The van der Waals surface area contributed by atoms with Gasteiger partial charge in [-0.1, -0.05) is 30.8 Å². The number of carbonyl (C=O) groups is 1. The van der Waals surface area contributed by atoms with Crippen molar-refractivity contribution in [2.24, 2.45) is 29.1 Å². The summed E-state index contributed by atoms with van der Waals surface area (Å²) >= 11 is 0. The first-order chi connectivity index (χ1) is 9.59. The maximum atomic E-state index is 12.1. The zero-order valence-electron chi connectivity index (χ0n) is 12.6. The van der Waals surface area contributed by atoms with Crippen molar-refractivity contribution in [1.82, 2.24) is 0 Å². The second-order valence-corrected chi connectivity index (χ2v) is 8.01. The Labute approximate surface area is 124 Å².